The van der Waals surface area contributed by atoms with Gasteiger partial charge in [0.15, 0.2) is 0 Å². The van der Waals surface area contributed by atoms with Gasteiger partial charge in [-0.25, -0.2) is 0 Å². The number of hydrogen-bond donors (Lipinski definition) is 1. The maximum atomic E-state index is 12.0. The number of nitrogens with one attached hydrogen (secondary N) is 1. The van der Waals surface area contributed by atoms with Crippen LogP contribution in [0.4, 0.5) is 5.69 Å². The molecule has 2 aromatic rings. The van der Waals surface area contributed by atoms with Crippen molar-refractivity contribution >= 4 is 11.6 Å². The molecule has 0 unspecified atom stereocenters. The van der Waals surface area contributed by atoms with Crippen LogP contribution in [0.5, 0.6) is 0 Å². The Bertz CT molecular complexity index is 661. The predicted molar refractivity (Wildman–Crippen MR) is 74.4 cm³/mol. The van der Waals surface area contributed by atoms with E-state index < -0.39 is 4.92 Å². The van der Waals surface area contributed by atoms with Gasteiger partial charge in [0, 0.05) is 36.1 Å². The minimum absolute atomic E-state index is 0.0904. The molecule has 2 rings (SSSR count). The summed E-state index contributed by atoms with van der Waals surface area (Å²) in [5.74, 6) is -0.326. The van der Waals surface area contributed by atoms with E-state index in [9.17, 15) is 14.9 Å². The Morgan fingerprint density at radius 3 is 2.70 bits per heavy atom. The average molecular weight is 273 g/mol. The summed E-state index contributed by atoms with van der Waals surface area (Å²) in [6, 6.07) is 9.58. The van der Waals surface area contributed by atoms with Gasteiger partial charge in [-0.1, -0.05) is 6.07 Å². The van der Waals surface area contributed by atoms with E-state index in [1.807, 2.05) is 30.7 Å². The Morgan fingerprint density at radius 1 is 1.35 bits per heavy atom. The Hall–Kier alpha value is -2.63. The van der Waals surface area contributed by atoms with E-state index in [1.54, 1.807) is 6.07 Å². The number of rotatable bonds is 4. The van der Waals surface area contributed by atoms with Crippen molar-refractivity contribution in [2.45, 2.75) is 13.5 Å². The number of carbonyl (C=O) groups excluding carboxylic acids is 1. The van der Waals surface area contributed by atoms with Crippen molar-refractivity contribution in [3.63, 3.8) is 0 Å². The SMILES string of the molecule is Cc1ccc(CNC(=O)c2cccc([N+](=O)[O-])c2)n1C. The Kier molecular flexibility index (Phi) is 3.84. The van der Waals surface area contributed by atoms with Crippen molar-refractivity contribution in [3.8, 4) is 0 Å². The molecule has 0 saturated carbocycles. The molecular formula is C14H15N3O3. The fraction of sp³-hybridized carbons (Fsp3) is 0.214. The first-order chi connectivity index (χ1) is 9.49. The largest absolute Gasteiger partial charge is 0.350 e. The van der Waals surface area contributed by atoms with Crippen LogP contribution < -0.4 is 5.32 Å². The number of aryl methyl sites for hydroxylation is 1. The van der Waals surface area contributed by atoms with Crippen molar-refractivity contribution in [2.75, 3.05) is 0 Å². The van der Waals surface area contributed by atoms with Gasteiger partial charge in [-0.05, 0) is 25.1 Å². The zero-order valence-electron chi connectivity index (χ0n) is 11.3. The van der Waals surface area contributed by atoms with E-state index in [0.29, 0.717) is 6.54 Å². The molecule has 0 bridgehead atoms. The van der Waals surface area contributed by atoms with Crippen LogP contribution in [0.25, 0.3) is 0 Å². The van der Waals surface area contributed by atoms with E-state index in [1.165, 1.54) is 18.2 Å². The van der Waals surface area contributed by atoms with Gasteiger partial charge in [-0.15, -0.1) is 0 Å². The predicted octanol–water partition coefficient (Wildman–Crippen LogP) is 2.17. The molecule has 0 fully saturated rings. The Labute approximate surface area is 116 Å². The highest BCUT2D eigenvalue weighted by Crippen LogP contribution is 2.13. The van der Waals surface area contributed by atoms with Crippen LogP contribution in [0.1, 0.15) is 21.7 Å². The van der Waals surface area contributed by atoms with Crippen LogP contribution in [0, 0.1) is 17.0 Å². The lowest BCUT2D eigenvalue weighted by Gasteiger charge is -2.07. The van der Waals surface area contributed by atoms with Crippen LogP contribution in [0.2, 0.25) is 0 Å². The number of non-ortho nitro benzene ring substituents is 1. The monoisotopic (exact) mass is 273 g/mol. The molecule has 0 saturated heterocycles. The molecule has 6 heteroatoms. The summed E-state index contributed by atoms with van der Waals surface area (Å²) in [5, 5.41) is 13.4. The molecule has 1 heterocycles. The van der Waals surface area contributed by atoms with Crippen molar-refractivity contribution in [3.05, 3.63) is 63.5 Å². The fourth-order valence-corrected chi connectivity index (χ4v) is 1.88. The standard InChI is InChI=1S/C14H15N3O3/c1-10-6-7-13(16(10)2)9-15-14(18)11-4-3-5-12(8-11)17(19)20/h3-8H,9H2,1-2H3,(H,15,18). The third kappa shape index (κ3) is 2.85. The van der Waals surface area contributed by atoms with Gasteiger partial charge in [-0.2, -0.15) is 0 Å². The lowest BCUT2D eigenvalue weighted by Crippen LogP contribution is -2.24. The maximum absolute atomic E-state index is 12.0. The van der Waals surface area contributed by atoms with Crippen molar-refractivity contribution in [1.29, 1.82) is 0 Å². The number of nitro groups is 1. The van der Waals surface area contributed by atoms with Gasteiger partial charge in [0.2, 0.25) is 0 Å². The van der Waals surface area contributed by atoms with Gasteiger partial charge < -0.3 is 9.88 Å². The molecule has 1 aromatic carbocycles. The lowest BCUT2D eigenvalue weighted by atomic mass is 10.2. The molecular weight excluding hydrogens is 258 g/mol. The van der Waals surface area contributed by atoms with E-state index in [0.717, 1.165) is 11.4 Å². The normalized spacial score (nSPS) is 10.3. The Balaban J connectivity index is 2.07. The number of aromatic nitrogens is 1. The summed E-state index contributed by atoms with van der Waals surface area (Å²) in [4.78, 5) is 22.1. The van der Waals surface area contributed by atoms with Crippen LogP contribution in [0.3, 0.4) is 0 Å². The van der Waals surface area contributed by atoms with E-state index in [4.69, 9.17) is 0 Å². The van der Waals surface area contributed by atoms with Crippen molar-refractivity contribution < 1.29 is 9.72 Å². The zero-order valence-corrected chi connectivity index (χ0v) is 11.3. The number of benzene rings is 1. The minimum atomic E-state index is -0.517. The van der Waals surface area contributed by atoms with E-state index >= 15 is 0 Å². The molecule has 0 aliphatic rings. The highest BCUT2D eigenvalue weighted by atomic mass is 16.6. The zero-order chi connectivity index (χ0) is 14.7. The first-order valence-corrected chi connectivity index (χ1v) is 6.13. The Morgan fingerprint density at radius 2 is 2.10 bits per heavy atom. The molecule has 20 heavy (non-hydrogen) atoms. The fourth-order valence-electron chi connectivity index (χ4n) is 1.88. The maximum Gasteiger partial charge on any atom is 0.270 e. The van der Waals surface area contributed by atoms with Crippen LogP contribution >= 0.6 is 0 Å². The molecule has 0 atom stereocenters. The minimum Gasteiger partial charge on any atom is -0.350 e. The van der Waals surface area contributed by atoms with E-state index in [-0.39, 0.29) is 17.2 Å². The second-order valence-corrected chi connectivity index (χ2v) is 4.52. The second-order valence-electron chi connectivity index (χ2n) is 4.52. The van der Waals surface area contributed by atoms with Gasteiger partial charge in [0.1, 0.15) is 0 Å². The van der Waals surface area contributed by atoms with Gasteiger partial charge in [0.05, 0.1) is 11.5 Å². The first-order valence-electron chi connectivity index (χ1n) is 6.13. The van der Waals surface area contributed by atoms with Crippen molar-refractivity contribution in [1.82, 2.24) is 9.88 Å². The molecule has 1 amide bonds. The van der Waals surface area contributed by atoms with Crippen molar-refractivity contribution in [2.24, 2.45) is 7.05 Å². The molecule has 1 aromatic heterocycles. The number of hydrogen-bond acceptors (Lipinski definition) is 3. The molecule has 0 aliphatic heterocycles. The lowest BCUT2D eigenvalue weighted by molar-refractivity contribution is -0.384. The highest BCUT2D eigenvalue weighted by molar-refractivity contribution is 5.94. The molecule has 1 N–H and O–H groups in total. The quantitative estimate of drug-likeness (QED) is 0.685. The number of nitrogens with zero attached hydrogens (tertiary/aromatic N) is 2. The summed E-state index contributed by atoms with van der Waals surface area (Å²) in [6.07, 6.45) is 0. The van der Waals surface area contributed by atoms with Crippen LogP contribution in [-0.4, -0.2) is 15.4 Å². The van der Waals surface area contributed by atoms with Crippen LogP contribution in [-0.2, 0) is 13.6 Å². The topological polar surface area (TPSA) is 77.2 Å². The molecule has 0 aliphatic carbocycles. The smallest absolute Gasteiger partial charge is 0.270 e. The summed E-state index contributed by atoms with van der Waals surface area (Å²) in [7, 11) is 1.92. The molecule has 0 spiro atoms. The molecule has 0 radical (unpaired) electrons. The number of nitro benzene ring substituents is 1. The van der Waals surface area contributed by atoms with Gasteiger partial charge >= 0.3 is 0 Å². The molecule has 6 nitrogen and oxygen atoms in total. The summed E-state index contributed by atoms with van der Waals surface area (Å²) in [6.45, 7) is 2.36. The third-order valence-electron chi connectivity index (χ3n) is 3.23. The first kappa shape index (κ1) is 13.8. The summed E-state index contributed by atoms with van der Waals surface area (Å²) in [5.41, 5.74) is 2.27. The van der Waals surface area contributed by atoms with Crippen LogP contribution in [0.15, 0.2) is 36.4 Å². The third-order valence-corrected chi connectivity index (χ3v) is 3.23. The number of carbonyl (C=O) groups is 1. The van der Waals surface area contributed by atoms with Gasteiger partial charge in [0.25, 0.3) is 11.6 Å². The number of amides is 1. The van der Waals surface area contributed by atoms with Gasteiger partial charge in [-0.3, -0.25) is 14.9 Å². The second kappa shape index (κ2) is 5.56. The molecule has 104 valence electrons. The summed E-state index contributed by atoms with van der Waals surface area (Å²) >= 11 is 0. The highest BCUT2D eigenvalue weighted by Gasteiger charge is 2.11. The van der Waals surface area contributed by atoms with E-state index in [2.05, 4.69) is 5.32 Å². The average Bonchev–Trinajstić information content (AvgIpc) is 2.76. The summed E-state index contributed by atoms with van der Waals surface area (Å²) < 4.78 is 1.98.